The summed E-state index contributed by atoms with van der Waals surface area (Å²) in [6.07, 6.45) is 8.22. The number of pyridine rings is 1. The van der Waals surface area contributed by atoms with E-state index in [-0.39, 0.29) is 5.54 Å². The number of rotatable bonds is 10. The first kappa shape index (κ1) is 17.1. The molecule has 0 saturated carbocycles. The summed E-state index contributed by atoms with van der Waals surface area (Å²) >= 11 is 0. The first-order chi connectivity index (χ1) is 9.66. The Balaban J connectivity index is 2.62. The minimum Gasteiger partial charge on any atom is -0.329 e. The fourth-order valence-electron chi connectivity index (χ4n) is 2.69. The van der Waals surface area contributed by atoms with Gasteiger partial charge in [0.2, 0.25) is 0 Å². The fourth-order valence-corrected chi connectivity index (χ4v) is 2.69. The van der Waals surface area contributed by atoms with E-state index in [0.717, 1.165) is 18.8 Å². The fraction of sp³-hybridized carbons (Fsp3) is 0.706. The van der Waals surface area contributed by atoms with Crippen LogP contribution in [-0.2, 0) is 6.54 Å². The minimum absolute atomic E-state index is 0.0833. The maximum Gasteiger partial charge on any atom is 0.0544 e. The molecule has 0 aromatic carbocycles. The van der Waals surface area contributed by atoms with Crippen molar-refractivity contribution in [3.63, 3.8) is 0 Å². The number of nitrogens with zero attached hydrogens (tertiary/aromatic N) is 2. The van der Waals surface area contributed by atoms with Crippen molar-refractivity contribution in [2.75, 3.05) is 13.1 Å². The largest absolute Gasteiger partial charge is 0.329 e. The topological polar surface area (TPSA) is 42.1 Å². The van der Waals surface area contributed by atoms with Gasteiger partial charge in [0.15, 0.2) is 0 Å². The number of hydrogen-bond donors (Lipinski definition) is 1. The Kier molecular flexibility index (Phi) is 7.78. The molecule has 2 N–H and O–H groups in total. The molecule has 1 aromatic rings. The predicted octanol–water partition coefficient (Wildman–Crippen LogP) is 3.59. The van der Waals surface area contributed by atoms with Crippen LogP contribution in [0.1, 0.15) is 58.6 Å². The number of nitrogens with two attached hydrogens (primary N) is 1. The molecular formula is C17H31N3. The van der Waals surface area contributed by atoms with Gasteiger partial charge in [-0.15, -0.1) is 0 Å². The molecule has 3 nitrogen and oxygen atoms in total. The molecule has 0 saturated heterocycles. The highest BCUT2D eigenvalue weighted by Crippen LogP contribution is 2.23. The highest BCUT2D eigenvalue weighted by atomic mass is 15.2. The second-order valence-electron chi connectivity index (χ2n) is 5.85. The average molecular weight is 277 g/mol. The van der Waals surface area contributed by atoms with Crippen LogP contribution in [0.5, 0.6) is 0 Å². The van der Waals surface area contributed by atoms with Gasteiger partial charge in [-0.2, -0.15) is 0 Å². The number of hydrogen-bond acceptors (Lipinski definition) is 3. The van der Waals surface area contributed by atoms with E-state index in [9.17, 15) is 0 Å². The van der Waals surface area contributed by atoms with Crippen molar-refractivity contribution in [2.24, 2.45) is 5.73 Å². The highest BCUT2D eigenvalue weighted by Gasteiger charge is 2.29. The molecule has 0 aliphatic rings. The van der Waals surface area contributed by atoms with Crippen molar-refractivity contribution >= 4 is 0 Å². The summed E-state index contributed by atoms with van der Waals surface area (Å²) in [5, 5.41) is 0. The Morgan fingerprint density at radius 3 is 2.55 bits per heavy atom. The molecule has 114 valence electrons. The van der Waals surface area contributed by atoms with E-state index in [1.165, 1.54) is 32.1 Å². The molecule has 1 atom stereocenters. The van der Waals surface area contributed by atoms with Crippen LogP contribution in [0.25, 0.3) is 0 Å². The quantitative estimate of drug-likeness (QED) is 0.665. The number of aromatic nitrogens is 1. The third kappa shape index (κ3) is 5.22. The van der Waals surface area contributed by atoms with E-state index in [2.05, 4.69) is 42.8 Å². The predicted molar refractivity (Wildman–Crippen MR) is 86.5 cm³/mol. The summed E-state index contributed by atoms with van der Waals surface area (Å²) in [4.78, 5) is 6.92. The average Bonchev–Trinajstić information content (AvgIpc) is 2.50. The van der Waals surface area contributed by atoms with Gasteiger partial charge in [0.05, 0.1) is 5.69 Å². The van der Waals surface area contributed by atoms with Gasteiger partial charge >= 0.3 is 0 Å². The lowest BCUT2D eigenvalue weighted by molar-refractivity contribution is 0.0950. The van der Waals surface area contributed by atoms with E-state index >= 15 is 0 Å². The van der Waals surface area contributed by atoms with Gasteiger partial charge in [-0.05, 0) is 32.0 Å². The Hall–Kier alpha value is -0.930. The Morgan fingerprint density at radius 1 is 1.20 bits per heavy atom. The van der Waals surface area contributed by atoms with Gasteiger partial charge in [-0.3, -0.25) is 9.88 Å². The molecule has 20 heavy (non-hydrogen) atoms. The van der Waals surface area contributed by atoms with Crippen LogP contribution >= 0.6 is 0 Å². The van der Waals surface area contributed by atoms with Crippen LogP contribution in [0.3, 0.4) is 0 Å². The van der Waals surface area contributed by atoms with Gasteiger partial charge in [0.1, 0.15) is 0 Å². The maximum absolute atomic E-state index is 6.09. The summed E-state index contributed by atoms with van der Waals surface area (Å²) in [6, 6.07) is 6.11. The second-order valence-corrected chi connectivity index (χ2v) is 5.85. The van der Waals surface area contributed by atoms with Crippen molar-refractivity contribution in [3.8, 4) is 0 Å². The van der Waals surface area contributed by atoms with Crippen molar-refractivity contribution in [1.82, 2.24) is 9.88 Å². The Bertz CT molecular complexity index is 353. The third-order valence-corrected chi connectivity index (χ3v) is 4.23. The maximum atomic E-state index is 6.09. The van der Waals surface area contributed by atoms with Gasteiger partial charge in [-0.1, -0.05) is 45.6 Å². The molecule has 1 unspecified atom stereocenters. The SMILES string of the molecule is CCCCCCC(C)(CN)N(CC)Cc1ccccn1. The van der Waals surface area contributed by atoms with Gasteiger partial charge in [0, 0.05) is 24.8 Å². The van der Waals surface area contributed by atoms with Gasteiger partial charge in [0.25, 0.3) is 0 Å². The molecule has 0 aliphatic carbocycles. The molecule has 1 rings (SSSR count). The molecule has 0 amide bonds. The van der Waals surface area contributed by atoms with E-state index in [1.807, 2.05) is 12.3 Å². The number of likely N-dealkylation sites (N-methyl/N-ethyl adjacent to an activating group) is 1. The first-order valence-corrected chi connectivity index (χ1v) is 8.01. The molecule has 3 heteroatoms. The zero-order valence-corrected chi connectivity index (χ0v) is 13.4. The Morgan fingerprint density at radius 2 is 2.00 bits per heavy atom. The third-order valence-electron chi connectivity index (χ3n) is 4.23. The normalized spacial score (nSPS) is 14.4. The summed E-state index contributed by atoms with van der Waals surface area (Å²) in [7, 11) is 0. The summed E-state index contributed by atoms with van der Waals surface area (Å²) in [5.74, 6) is 0. The molecule has 0 fully saturated rings. The van der Waals surface area contributed by atoms with Crippen molar-refractivity contribution < 1.29 is 0 Å². The zero-order valence-electron chi connectivity index (χ0n) is 13.4. The van der Waals surface area contributed by atoms with Crippen LogP contribution in [-0.4, -0.2) is 28.5 Å². The zero-order chi connectivity index (χ0) is 14.8. The van der Waals surface area contributed by atoms with Crippen LogP contribution < -0.4 is 5.73 Å². The smallest absolute Gasteiger partial charge is 0.0544 e. The van der Waals surface area contributed by atoms with Crippen LogP contribution in [0.15, 0.2) is 24.4 Å². The van der Waals surface area contributed by atoms with E-state index < -0.39 is 0 Å². The summed E-state index contributed by atoms with van der Waals surface area (Å²) in [6.45, 7) is 9.37. The molecule has 0 spiro atoms. The van der Waals surface area contributed by atoms with Crippen LogP contribution in [0.2, 0.25) is 0 Å². The molecular weight excluding hydrogens is 246 g/mol. The molecule has 0 bridgehead atoms. The molecule has 0 aliphatic heterocycles. The standard InChI is InChI=1S/C17H31N3/c1-4-6-7-9-12-17(3,15-18)20(5-2)14-16-11-8-10-13-19-16/h8,10-11,13H,4-7,9,12,14-15,18H2,1-3H3. The summed E-state index contributed by atoms with van der Waals surface area (Å²) < 4.78 is 0. The van der Waals surface area contributed by atoms with E-state index in [0.29, 0.717) is 6.54 Å². The van der Waals surface area contributed by atoms with E-state index in [4.69, 9.17) is 5.73 Å². The first-order valence-electron chi connectivity index (χ1n) is 8.01. The highest BCUT2D eigenvalue weighted by molar-refractivity contribution is 5.04. The second kappa shape index (κ2) is 9.09. The van der Waals surface area contributed by atoms with Crippen molar-refractivity contribution in [1.29, 1.82) is 0 Å². The van der Waals surface area contributed by atoms with Crippen LogP contribution in [0.4, 0.5) is 0 Å². The molecule has 1 heterocycles. The lowest BCUT2D eigenvalue weighted by atomic mass is 9.91. The summed E-state index contributed by atoms with van der Waals surface area (Å²) in [5.41, 5.74) is 7.30. The van der Waals surface area contributed by atoms with Crippen molar-refractivity contribution in [3.05, 3.63) is 30.1 Å². The Labute approximate surface area is 124 Å². The van der Waals surface area contributed by atoms with Crippen LogP contribution in [0, 0.1) is 0 Å². The van der Waals surface area contributed by atoms with Crippen molar-refractivity contribution in [2.45, 2.75) is 65.0 Å². The number of unbranched alkanes of at least 4 members (excludes halogenated alkanes) is 3. The molecule has 0 radical (unpaired) electrons. The molecule has 1 aromatic heterocycles. The lowest BCUT2D eigenvalue weighted by Gasteiger charge is -2.40. The van der Waals surface area contributed by atoms with E-state index in [1.54, 1.807) is 0 Å². The minimum atomic E-state index is 0.0833. The monoisotopic (exact) mass is 277 g/mol. The van der Waals surface area contributed by atoms with Gasteiger partial charge in [-0.25, -0.2) is 0 Å². The van der Waals surface area contributed by atoms with Gasteiger partial charge < -0.3 is 5.73 Å². The lowest BCUT2D eigenvalue weighted by Crippen LogP contribution is -2.51.